The lowest BCUT2D eigenvalue weighted by Crippen LogP contribution is -2.48. The number of anilines is 1. The van der Waals surface area contributed by atoms with Gasteiger partial charge in [-0.25, -0.2) is 28.6 Å². The number of piperidine rings is 2. The van der Waals surface area contributed by atoms with Crippen LogP contribution in [0, 0.1) is 5.82 Å². The summed E-state index contributed by atoms with van der Waals surface area (Å²) in [5.74, 6) is -1.85. The lowest BCUT2D eigenvalue weighted by atomic mass is 9.86. The molecule has 20 heteroatoms. The van der Waals surface area contributed by atoms with Crippen LogP contribution in [0.3, 0.4) is 0 Å². The van der Waals surface area contributed by atoms with E-state index in [9.17, 15) is 43.7 Å². The van der Waals surface area contributed by atoms with Gasteiger partial charge in [0.25, 0.3) is 5.56 Å². The van der Waals surface area contributed by atoms with Gasteiger partial charge in [0.05, 0.1) is 47.9 Å². The van der Waals surface area contributed by atoms with Gasteiger partial charge in [0.2, 0.25) is 0 Å². The number of nitrogens with zero attached hydrogens (tertiary/aromatic N) is 6. The van der Waals surface area contributed by atoms with Gasteiger partial charge in [-0.2, -0.15) is 4.98 Å². The second-order valence-corrected chi connectivity index (χ2v) is 18.0. The molecule has 2 amide bonds. The number of unbranched alkanes of at least 4 members (excludes halogenated alkanes) is 2. The van der Waals surface area contributed by atoms with E-state index in [1.54, 1.807) is 23.6 Å². The van der Waals surface area contributed by atoms with Crippen LogP contribution < -0.4 is 21.3 Å². The van der Waals surface area contributed by atoms with E-state index in [2.05, 4.69) is 22.1 Å². The normalized spacial score (nSPS) is 23.5. The van der Waals surface area contributed by atoms with Gasteiger partial charge < -0.3 is 48.6 Å². The van der Waals surface area contributed by atoms with Crippen molar-refractivity contribution in [3.8, 4) is 17.1 Å². The van der Waals surface area contributed by atoms with Crippen LogP contribution in [0.4, 0.5) is 19.8 Å². The molecular weight excluding hydrogens is 886 g/mol. The Kier molecular flexibility index (Phi) is 14.6. The molecule has 3 fully saturated rings. The average Bonchev–Trinajstić information content (AvgIpc) is 3.84. The van der Waals surface area contributed by atoms with Crippen molar-refractivity contribution in [2.45, 2.75) is 141 Å². The number of likely N-dealkylation sites (tertiary alicyclic amines) is 2. The van der Waals surface area contributed by atoms with Gasteiger partial charge >= 0.3 is 23.8 Å². The minimum absolute atomic E-state index is 0.0951. The van der Waals surface area contributed by atoms with Crippen molar-refractivity contribution >= 4 is 34.9 Å². The molecule has 0 unspecified atom stereocenters. The molecule has 0 spiro atoms. The molecule has 8 heterocycles. The maximum Gasteiger partial charge on any atom is 0.415 e. The van der Waals surface area contributed by atoms with Crippen LogP contribution in [0.2, 0.25) is 0 Å². The maximum absolute atomic E-state index is 14.1. The van der Waals surface area contributed by atoms with Crippen molar-refractivity contribution in [1.29, 1.82) is 0 Å². The summed E-state index contributed by atoms with van der Waals surface area (Å²) in [6.07, 6.45) is 4.01. The molecule has 68 heavy (non-hydrogen) atoms. The maximum atomic E-state index is 14.1. The summed E-state index contributed by atoms with van der Waals surface area (Å²) in [5, 5.41) is 33.6. The van der Waals surface area contributed by atoms with Gasteiger partial charge in [-0.3, -0.25) is 14.7 Å². The Bertz CT molecular complexity index is 2680. The quantitative estimate of drug-likeness (QED) is 0.108. The molecule has 4 N–H and O–H groups in total. The van der Waals surface area contributed by atoms with Crippen LogP contribution in [0.1, 0.15) is 114 Å². The molecule has 0 bridgehead atoms. The van der Waals surface area contributed by atoms with E-state index in [-0.39, 0.29) is 31.3 Å². The number of ether oxygens (including phenoxy) is 4. The summed E-state index contributed by atoms with van der Waals surface area (Å²) in [7, 11) is 0. The van der Waals surface area contributed by atoms with Crippen molar-refractivity contribution < 1.29 is 53.0 Å². The van der Waals surface area contributed by atoms with E-state index in [0.717, 1.165) is 58.5 Å². The summed E-state index contributed by atoms with van der Waals surface area (Å²) >= 11 is 0. The third-order valence-electron chi connectivity index (χ3n) is 13.8. The molecular formula is C48H60FN7O12. The molecule has 0 aliphatic carbocycles. The Morgan fingerprint density at radius 2 is 1.72 bits per heavy atom. The number of aryl methyl sites for hydroxylation is 1. The van der Waals surface area contributed by atoms with Gasteiger partial charge in [0, 0.05) is 35.6 Å². The third-order valence-corrected chi connectivity index (χ3v) is 13.8. The first-order valence-corrected chi connectivity index (χ1v) is 23.7. The minimum atomic E-state index is -1.86. The van der Waals surface area contributed by atoms with E-state index in [1.165, 1.54) is 39.3 Å². The molecule has 5 aliphatic rings. The number of rotatable bonds is 10. The fourth-order valence-corrected chi connectivity index (χ4v) is 9.89. The van der Waals surface area contributed by atoms with E-state index >= 15 is 0 Å². The number of hydrogen-bond acceptors (Lipinski definition) is 15. The topological polar surface area (TPSA) is 237 Å². The molecule has 0 saturated carbocycles. The number of carbonyl (C=O) groups excluding carboxylic acids is 3. The fraction of sp³-hybridized carbons (Fsp3) is 0.562. The van der Waals surface area contributed by atoms with E-state index in [1.807, 2.05) is 24.0 Å². The lowest BCUT2D eigenvalue weighted by molar-refractivity contribution is -0.172. The summed E-state index contributed by atoms with van der Waals surface area (Å²) in [4.78, 5) is 75.6. The Morgan fingerprint density at radius 3 is 2.40 bits per heavy atom. The highest BCUT2D eigenvalue weighted by molar-refractivity contribution is 5.90. The van der Waals surface area contributed by atoms with Crippen LogP contribution in [0.5, 0.6) is 5.75 Å². The Morgan fingerprint density at radius 1 is 0.971 bits per heavy atom. The van der Waals surface area contributed by atoms with Crippen molar-refractivity contribution in [3.05, 3.63) is 79.4 Å². The largest absolute Gasteiger partial charge is 0.458 e. The van der Waals surface area contributed by atoms with Gasteiger partial charge in [0.1, 0.15) is 24.6 Å². The van der Waals surface area contributed by atoms with Crippen molar-refractivity contribution in [2.24, 2.45) is 0 Å². The Hall–Kier alpha value is -5.80. The Labute approximate surface area is 391 Å². The van der Waals surface area contributed by atoms with Crippen molar-refractivity contribution in [1.82, 2.24) is 28.9 Å². The highest BCUT2D eigenvalue weighted by atomic mass is 19.1. The average molecular weight is 946 g/mol. The number of fused-ring (bicyclic) bond motifs is 5. The number of carbonyl (C=O) groups is 3. The molecule has 3 saturated heterocycles. The van der Waals surface area contributed by atoms with Crippen molar-refractivity contribution in [3.63, 3.8) is 0 Å². The lowest BCUT2D eigenvalue weighted by Gasteiger charge is -2.39. The van der Waals surface area contributed by atoms with Gasteiger partial charge in [0.15, 0.2) is 23.5 Å². The van der Waals surface area contributed by atoms with Gasteiger partial charge in [-0.15, -0.1) is 0 Å². The number of aromatic nitrogens is 4. The SMILES string of the molecule is CCCCCOC(=O)Nc1nc(=O)n([C@@H]2O[C@H](C)[C@@H](O)[C@H]2O)cc1F.CCc1c2c(nc3ccc(OC(=O)N4CCC(N5CCCCC5)CC4)cc13)-c1cc3c(c(=O)n1C2)COC(=O)[C@]3(O)CC. The smallest absolute Gasteiger partial charge is 0.415 e. The number of halogens is 1. The van der Waals surface area contributed by atoms with Crippen LogP contribution >= 0.6 is 0 Å². The fourth-order valence-electron chi connectivity index (χ4n) is 9.89. The molecule has 5 atom stereocenters. The standard InChI is InChI=1S/C33H38N4O6.C15H22FN3O6/c1-3-22-23-16-21(43-32(40)36-14-10-20(11-15-36)35-12-6-5-7-13-35)8-9-27(23)34-29-24(22)18-37-28(29)17-26-25(30(37)38)19-42-31(39)33(26,41)4-2;1-3-4-5-6-24-15(23)18-12-9(16)7-19(14(22)17-12)13-11(21)10(20)8(2)25-13/h8-9,16-17,20,41H,3-7,10-15,18-19H2,1-2H3;7-8,10-11,13,20-21H,3-6H2,1-2H3,(H,17,18,22,23)/t33-;8-,10-,11-,13-/m01/s1. The van der Waals surface area contributed by atoms with E-state index < -0.39 is 59.5 Å². The van der Waals surface area contributed by atoms with Gasteiger partial charge in [-0.05, 0) is 94.8 Å². The first-order chi connectivity index (χ1) is 32.7. The van der Waals surface area contributed by atoms with Crippen molar-refractivity contribution in [2.75, 3.05) is 38.1 Å². The second kappa shape index (κ2) is 20.4. The highest BCUT2D eigenvalue weighted by Gasteiger charge is 2.46. The zero-order valence-electron chi connectivity index (χ0n) is 38.9. The second-order valence-electron chi connectivity index (χ2n) is 18.0. The van der Waals surface area contributed by atoms with Crippen LogP contribution in [0.15, 0.2) is 40.1 Å². The number of aliphatic hydroxyl groups is 3. The number of hydrogen-bond donors (Lipinski definition) is 4. The van der Waals surface area contributed by atoms with Crippen LogP contribution in [0.25, 0.3) is 22.3 Å². The number of aliphatic hydroxyl groups excluding tert-OH is 2. The molecule has 1 aromatic carbocycles. The predicted molar refractivity (Wildman–Crippen MR) is 244 cm³/mol. The third kappa shape index (κ3) is 9.48. The molecule has 9 rings (SSSR count). The molecule has 0 radical (unpaired) electrons. The van der Waals surface area contributed by atoms with Gasteiger partial charge in [-0.1, -0.05) is 40.0 Å². The number of benzene rings is 1. The molecule has 366 valence electrons. The molecule has 5 aliphatic heterocycles. The molecule has 19 nitrogen and oxygen atoms in total. The number of cyclic esters (lactones) is 1. The summed E-state index contributed by atoms with van der Waals surface area (Å²) in [6.45, 7) is 11.3. The monoisotopic (exact) mass is 945 g/mol. The minimum Gasteiger partial charge on any atom is -0.458 e. The predicted octanol–water partition coefficient (Wildman–Crippen LogP) is 4.85. The Balaban J connectivity index is 0.000000214. The number of nitrogens with one attached hydrogen (secondary N) is 1. The molecule has 3 aromatic heterocycles. The number of esters is 1. The highest BCUT2D eigenvalue weighted by Crippen LogP contribution is 2.41. The summed E-state index contributed by atoms with van der Waals surface area (Å²) < 4.78 is 37.7. The summed E-state index contributed by atoms with van der Waals surface area (Å²) in [5.41, 5.74) is 1.43. The summed E-state index contributed by atoms with van der Waals surface area (Å²) in [6, 6.07) is 7.77. The zero-order valence-corrected chi connectivity index (χ0v) is 38.9. The van der Waals surface area contributed by atoms with Crippen LogP contribution in [-0.2, 0) is 44.2 Å². The van der Waals surface area contributed by atoms with Crippen LogP contribution in [-0.4, -0.2) is 120 Å². The van der Waals surface area contributed by atoms with E-state index in [0.29, 0.717) is 66.8 Å². The van der Waals surface area contributed by atoms with E-state index in [4.69, 9.17) is 23.9 Å². The number of amides is 2. The first kappa shape index (κ1) is 48.6. The zero-order chi connectivity index (χ0) is 48.4. The molecule has 4 aromatic rings. The first-order valence-electron chi connectivity index (χ1n) is 23.7. The number of pyridine rings is 2.